The Morgan fingerprint density at radius 2 is 2.31 bits per heavy atom. The largest absolute Gasteiger partial charge is 0.368 e. The van der Waals surface area contributed by atoms with Crippen LogP contribution in [-0.2, 0) is 11.3 Å². The van der Waals surface area contributed by atoms with Crippen LogP contribution < -0.4 is 11.3 Å². The van der Waals surface area contributed by atoms with E-state index in [-0.39, 0.29) is 12.1 Å². The van der Waals surface area contributed by atoms with Crippen molar-refractivity contribution in [3.63, 3.8) is 0 Å². The number of aromatic nitrogens is 1. The fourth-order valence-corrected chi connectivity index (χ4v) is 1.62. The van der Waals surface area contributed by atoms with Crippen molar-refractivity contribution >= 4 is 21.8 Å². The van der Waals surface area contributed by atoms with Crippen molar-refractivity contribution in [1.29, 1.82) is 0 Å². The number of rotatable bonds is 2. The predicted molar refractivity (Wildman–Crippen MR) is 52.3 cm³/mol. The maximum absolute atomic E-state index is 11.4. The normalized spacial score (nSPS) is 10.0. The van der Waals surface area contributed by atoms with Crippen LogP contribution in [0.4, 0.5) is 0 Å². The zero-order chi connectivity index (χ0) is 10.0. The van der Waals surface area contributed by atoms with Gasteiger partial charge in [0.1, 0.15) is 6.54 Å². The molecule has 1 heterocycles. The number of carbonyl (C=O) groups excluding carboxylic acids is 1. The van der Waals surface area contributed by atoms with E-state index in [9.17, 15) is 9.59 Å². The molecule has 0 aliphatic carbocycles. The van der Waals surface area contributed by atoms with E-state index < -0.39 is 5.91 Å². The fourth-order valence-electron chi connectivity index (χ4n) is 1.03. The Morgan fingerprint density at radius 1 is 1.69 bits per heavy atom. The van der Waals surface area contributed by atoms with Gasteiger partial charge in [-0.25, -0.2) is 0 Å². The van der Waals surface area contributed by atoms with Crippen LogP contribution in [0.2, 0.25) is 0 Å². The molecule has 0 aliphatic heterocycles. The van der Waals surface area contributed by atoms with E-state index in [2.05, 4.69) is 15.9 Å². The summed E-state index contributed by atoms with van der Waals surface area (Å²) in [6.07, 6.45) is 1.54. The smallest absolute Gasteiger partial charge is 0.253 e. The summed E-state index contributed by atoms with van der Waals surface area (Å²) in [6.45, 7) is 1.60. The molecule has 0 unspecified atom stereocenters. The Kier molecular flexibility index (Phi) is 2.87. The number of nitrogens with zero attached hydrogens (tertiary/aromatic N) is 1. The highest BCUT2D eigenvalue weighted by Crippen LogP contribution is 2.07. The molecular weight excluding hydrogens is 236 g/mol. The highest BCUT2D eigenvalue weighted by molar-refractivity contribution is 9.10. The molecule has 5 heteroatoms. The van der Waals surface area contributed by atoms with Crippen LogP contribution >= 0.6 is 15.9 Å². The van der Waals surface area contributed by atoms with Crippen molar-refractivity contribution in [1.82, 2.24) is 4.57 Å². The Hall–Kier alpha value is -1.10. The summed E-state index contributed by atoms with van der Waals surface area (Å²) >= 11 is 3.23. The van der Waals surface area contributed by atoms with Gasteiger partial charge in [0.05, 0.1) is 0 Å². The number of pyridine rings is 1. The van der Waals surface area contributed by atoms with Crippen molar-refractivity contribution in [2.45, 2.75) is 13.5 Å². The molecule has 1 rings (SSSR count). The number of hydrogen-bond acceptors (Lipinski definition) is 2. The van der Waals surface area contributed by atoms with Gasteiger partial charge in [-0.2, -0.15) is 0 Å². The van der Waals surface area contributed by atoms with E-state index in [1.807, 2.05) is 0 Å². The van der Waals surface area contributed by atoms with Crippen LogP contribution in [0.15, 0.2) is 21.5 Å². The van der Waals surface area contributed by atoms with Gasteiger partial charge in [-0.15, -0.1) is 0 Å². The number of hydrogen-bond donors (Lipinski definition) is 1. The highest BCUT2D eigenvalue weighted by atomic mass is 79.9. The minimum Gasteiger partial charge on any atom is -0.368 e. The topological polar surface area (TPSA) is 65.1 Å². The molecule has 0 saturated heterocycles. The van der Waals surface area contributed by atoms with Crippen molar-refractivity contribution in [3.8, 4) is 0 Å². The Bertz CT molecular complexity index is 398. The average Bonchev–Trinajstić information content (AvgIpc) is 1.98. The van der Waals surface area contributed by atoms with Crippen LogP contribution in [-0.4, -0.2) is 10.5 Å². The van der Waals surface area contributed by atoms with Crippen LogP contribution in [0.25, 0.3) is 0 Å². The summed E-state index contributed by atoms with van der Waals surface area (Å²) in [5.74, 6) is -0.528. The number of halogens is 1. The van der Waals surface area contributed by atoms with Gasteiger partial charge in [0.15, 0.2) is 0 Å². The number of aryl methyl sites for hydroxylation is 1. The molecule has 0 aliphatic rings. The second-order valence-electron chi connectivity index (χ2n) is 2.74. The Morgan fingerprint density at radius 3 is 2.85 bits per heavy atom. The van der Waals surface area contributed by atoms with E-state index >= 15 is 0 Å². The second-order valence-corrected chi connectivity index (χ2v) is 3.66. The molecule has 1 aromatic heterocycles. The molecule has 0 bridgehead atoms. The maximum atomic E-state index is 11.4. The molecule has 0 fully saturated rings. The zero-order valence-electron chi connectivity index (χ0n) is 7.08. The van der Waals surface area contributed by atoms with E-state index in [0.29, 0.717) is 5.56 Å². The van der Waals surface area contributed by atoms with Gasteiger partial charge in [0.2, 0.25) is 5.91 Å². The summed E-state index contributed by atoms with van der Waals surface area (Å²) in [5.41, 5.74) is 5.37. The van der Waals surface area contributed by atoms with E-state index in [1.54, 1.807) is 19.2 Å². The summed E-state index contributed by atoms with van der Waals surface area (Å²) in [6, 6.07) is 1.69. The summed E-state index contributed by atoms with van der Waals surface area (Å²) in [7, 11) is 0. The van der Waals surface area contributed by atoms with Gasteiger partial charge >= 0.3 is 0 Å². The fraction of sp³-hybridized carbons (Fsp3) is 0.250. The third-order valence-electron chi connectivity index (χ3n) is 1.56. The lowest BCUT2D eigenvalue weighted by Gasteiger charge is -2.04. The molecular formula is C8H9BrN2O2. The van der Waals surface area contributed by atoms with Gasteiger partial charge in [-0.1, -0.05) is 0 Å². The number of nitrogens with two attached hydrogens (primary N) is 1. The first-order chi connectivity index (χ1) is 6.00. The van der Waals surface area contributed by atoms with E-state index in [4.69, 9.17) is 5.73 Å². The van der Waals surface area contributed by atoms with Crippen LogP contribution in [0, 0.1) is 6.92 Å². The van der Waals surface area contributed by atoms with Gasteiger partial charge in [0.25, 0.3) is 5.56 Å². The lowest BCUT2D eigenvalue weighted by Crippen LogP contribution is -2.28. The van der Waals surface area contributed by atoms with Crippen molar-refractivity contribution in [2.24, 2.45) is 5.73 Å². The molecule has 0 saturated carbocycles. The van der Waals surface area contributed by atoms with Gasteiger partial charge in [-0.3, -0.25) is 9.59 Å². The standard InChI is InChI=1S/C8H9BrN2O2/c1-5-2-6(9)3-11(8(5)13)4-7(10)12/h2-3H,4H2,1H3,(H2,10,12). The van der Waals surface area contributed by atoms with Gasteiger partial charge in [0, 0.05) is 16.2 Å². The Labute approximate surface area is 83.5 Å². The van der Waals surface area contributed by atoms with Crippen molar-refractivity contribution in [2.75, 3.05) is 0 Å². The molecule has 0 spiro atoms. The van der Waals surface area contributed by atoms with E-state index in [1.165, 1.54) is 4.57 Å². The molecule has 13 heavy (non-hydrogen) atoms. The number of carbonyl (C=O) groups is 1. The quantitative estimate of drug-likeness (QED) is 0.819. The average molecular weight is 245 g/mol. The molecule has 0 atom stereocenters. The van der Waals surface area contributed by atoms with Crippen molar-refractivity contribution < 1.29 is 4.79 Å². The minimum atomic E-state index is -0.528. The zero-order valence-corrected chi connectivity index (χ0v) is 8.67. The molecule has 0 radical (unpaired) electrons. The molecule has 1 amide bonds. The monoisotopic (exact) mass is 244 g/mol. The molecule has 0 aromatic carbocycles. The van der Waals surface area contributed by atoms with Crippen LogP contribution in [0.5, 0.6) is 0 Å². The van der Waals surface area contributed by atoms with Crippen LogP contribution in [0.1, 0.15) is 5.56 Å². The Balaban J connectivity index is 3.21. The molecule has 1 aromatic rings. The number of amides is 1. The third kappa shape index (κ3) is 2.42. The third-order valence-corrected chi connectivity index (χ3v) is 1.99. The lowest BCUT2D eigenvalue weighted by atomic mass is 10.3. The highest BCUT2D eigenvalue weighted by Gasteiger charge is 2.03. The van der Waals surface area contributed by atoms with Gasteiger partial charge in [-0.05, 0) is 28.9 Å². The first-order valence-electron chi connectivity index (χ1n) is 3.65. The lowest BCUT2D eigenvalue weighted by molar-refractivity contribution is -0.118. The summed E-state index contributed by atoms with van der Waals surface area (Å²) in [4.78, 5) is 22.0. The summed E-state index contributed by atoms with van der Waals surface area (Å²) < 4.78 is 2.03. The predicted octanol–water partition coefficient (Wildman–Crippen LogP) is 0.405. The first kappa shape index (κ1) is 9.98. The maximum Gasteiger partial charge on any atom is 0.253 e. The second kappa shape index (κ2) is 3.74. The summed E-state index contributed by atoms with van der Waals surface area (Å²) in [5, 5.41) is 0. The molecule has 70 valence electrons. The SMILES string of the molecule is Cc1cc(Br)cn(CC(N)=O)c1=O. The van der Waals surface area contributed by atoms with Crippen LogP contribution in [0.3, 0.4) is 0 Å². The van der Waals surface area contributed by atoms with Crippen molar-refractivity contribution in [3.05, 3.63) is 32.7 Å². The minimum absolute atomic E-state index is 0.0842. The molecule has 2 N–H and O–H groups in total. The number of primary amides is 1. The van der Waals surface area contributed by atoms with E-state index in [0.717, 1.165) is 4.47 Å². The van der Waals surface area contributed by atoms with Gasteiger partial charge < -0.3 is 10.3 Å². The first-order valence-corrected chi connectivity index (χ1v) is 4.45. The molecule has 4 nitrogen and oxygen atoms in total.